The topological polar surface area (TPSA) is 40.5 Å². The molecule has 0 heterocycles. The summed E-state index contributed by atoms with van der Waals surface area (Å²) in [4.78, 5) is 0. The normalized spacial score (nSPS) is 13.1. The van der Waals surface area contributed by atoms with Crippen molar-refractivity contribution in [2.45, 2.75) is 32.3 Å². The Hall–Kier alpha value is -0.340. The monoisotopic (exact) mass is 144 g/mol. The zero-order valence-corrected chi connectivity index (χ0v) is 6.51. The summed E-state index contributed by atoms with van der Waals surface area (Å²) in [5.74, 6) is 0. The van der Waals surface area contributed by atoms with Crippen LogP contribution in [0, 0.1) is 0 Å². The van der Waals surface area contributed by atoms with Gasteiger partial charge in [-0.3, -0.25) is 0 Å². The van der Waals surface area contributed by atoms with Crippen LogP contribution in [0.25, 0.3) is 0 Å². The summed E-state index contributed by atoms with van der Waals surface area (Å²) >= 11 is 0. The predicted octanol–water partition coefficient (Wildman–Crippen LogP) is 1.09. The Morgan fingerprint density at radius 3 is 2.50 bits per heavy atom. The maximum absolute atomic E-state index is 9.10. The van der Waals surface area contributed by atoms with Crippen LogP contribution in [-0.2, 0) is 0 Å². The van der Waals surface area contributed by atoms with Gasteiger partial charge in [-0.1, -0.05) is 5.57 Å². The van der Waals surface area contributed by atoms with Gasteiger partial charge in [0.05, 0.1) is 6.10 Å². The van der Waals surface area contributed by atoms with Crippen LogP contribution in [-0.4, -0.2) is 22.9 Å². The van der Waals surface area contributed by atoms with Crippen LogP contribution in [0.2, 0.25) is 0 Å². The Morgan fingerprint density at radius 2 is 2.10 bits per heavy atom. The molecule has 0 amide bonds. The Kier molecular flexibility index (Phi) is 5.26. The SMILES string of the molecule is C=C(C)CCC(O)CCO. The van der Waals surface area contributed by atoms with Gasteiger partial charge in [-0.15, -0.1) is 6.58 Å². The molecule has 0 saturated heterocycles. The number of rotatable bonds is 5. The third kappa shape index (κ3) is 5.79. The van der Waals surface area contributed by atoms with Crippen molar-refractivity contribution in [1.82, 2.24) is 0 Å². The maximum atomic E-state index is 9.10. The van der Waals surface area contributed by atoms with E-state index in [1.807, 2.05) is 6.92 Å². The molecule has 2 heteroatoms. The number of hydrogen-bond acceptors (Lipinski definition) is 2. The molecule has 0 aromatic heterocycles. The Morgan fingerprint density at radius 1 is 1.50 bits per heavy atom. The molecule has 0 aromatic carbocycles. The van der Waals surface area contributed by atoms with Crippen molar-refractivity contribution in [3.63, 3.8) is 0 Å². The first-order valence-electron chi connectivity index (χ1n) is 3.60. The summed E-state index contributed by atoms with van der Waals surface area (Å²) in [7, 11) is 0. The molecular formula is C8H16O2. The second-order valence-electron chi connectivity index (χ2n) is 2.66. The van der Waals surface area contributed by atoms with E-state index in [1.54, 1.807) is 0 Å². The van der Waals surface area contributed by atoms with Gasteiger partial charge in [0.15, 0.2) is 0 Å². The highest BCUT2D eigenvalue weighted by atomic mass is 16.3. The Balaban J connectivity index is 3.21. The summed E-state index contributed by atoms with van der Waals surface area (Å²) in [5, 5.41) is 17.5. The van der Waals surface area contributed by atoms with Crippen LogP contribution in [0.3, 0.4) is 0 Å². The lowest BCUT2D eigenvalue weighted by molar-refractivity contribution is 0.125. The van der Waals surface area contributed by atoms with E-state index in [0.717, 1.165) is 18.4 Å². The maximum Gasteiger partial charge on any atom is 0.0565 e. The van der Waals surface area contributed by atoms with Gasteiger partial charge in [0.1, 0.15) is 0 Å². The second-order valence-corrected chi connectivity index (χ2v) is 2.66. The predicted molar refractivity (Wildman–Crippen MR) is 41.8 cm³/mol. The van der Waals surface area contributed by atoms with Crippen molar-refractivity contribution >= 4 is 0 Å². The smallest absolute Gasteiger partial charge is 0.0565 e. The second kappa shape index (κ2) is 5.45. The standard InChI is InChI=1S/C8H16O2/c1-7(2)3-4-8(10)5-6-9/h8-10H,1,3-6H2,2H3. The van der Waals surface area contributed by atoms with Gasteiger partial charge in [0, 0.05) is 6.61 Å². The van der Waals surface area contributed by atoms with Crippen molar-refractivity contribution in [3.8, 4) is 0 Å². The zero-order chi connectivity index (χ0) is 7.98. The summed E-state index contributed by atoms with van der Waals surface area (Å²) in [5.41, 5.74) is 1.08. The third-order valence-electron chi connectivity index (χ3n) is 1.37. The van der Waals surface area contributed by atoms with Gasteiger partial charge in [-0.05, 0) is 26.2 Å². The molecule has 0 radical (unpaired) electrons. The largest absolute Gasteiger partial charge is 0.396 e. The van der Waals surface area contributed by atoms with Gasteiger partial charge in [0.2, 0.25) is 0 Å². The van der Waals surface area contributed by atoms with E-state index in [4.69, 9.17) is 10.2 Å². The highest BCUT2D eigenvalue weighted by molar-refractivity contribution is 4.88. The number of aliphatic hydroxyl groups excluding tert-OH is 2. The summed E-state index contributed by atoms with van der Waals surface area (Å²) in [6.07, 6.45) is 1.69. The minimum Gasteiger partial charge on any atom is -0.396 e. The zero-order valence-electron chi connectivity index (χ0n) is 6.51. The minimum atomic E-state index is -0.360. The van der Waals surface area contributed by atoms with Gasteiger partial charge < -0.3 is 10.2 Å². The van der Waals surface area contributed by atoms with E-state index in [2.05, 4.69) is 6.58 Å². The fourth-order valence-electron chi connectivity index (χ4n) is 0.706. The molecule has 2 nitrogen and oxygen atoms in total. The number of allylic oxidation sites excluding steroid dienone is 1. The van der Waals surface area contributed by atoms with Gasteiger partial charge >= 0.3 is 0 Å². The van der Waals surface area contributed by atoms with Gasteiger partial charge in [-0.2, -0.15) is 0 Å². The van der Waals surface area contributed by atoms with Crippen molar-refractivity contribution in [3.05, 3.63) is 12.2 Å². The molecule has 1 unspecified atom stereocenters. The molecule has 1 atom stereocenters. The fourth-order valence-corrected chi connectivity index (χ4v) is 0.706. The van der Waals surface area contributed by atoms with Crippen molar-refractivity contribution in [2.24, 2.45) is 0 Å². The summed E-state index contributed by atoms with van der Waals surface area (Å²) < 4.78 is 0. The lowest BCUT2D eigenvalue weighted by atomic mass is 10.1. The van der Waals surface area contributed by atoms with E-state index in [0.29, 0.717) is 6.42 Å². The molecule has 60 valence electrons. The molecule has 2 N–H and O–H groups in total. The van der Waals surface area contributed by atoms with E-state index < -0.39 is 0 Å². The molecule has 0 bridgehead atoms. The number of aliphatic hydroxyl groups is 2. The van der Waals surface area contributed by atoms with Gasteiger partial charge in [-0.25, -0.2) is 0 Å². The Labute approximate surface area is 62.2 Å². The van der Waals surface area contributed by atoms with Crippen molar-refractivity contribution in [1.29, 1.82) is 0 Å². The third-order valence-corrected chi connectivity index (χ3v) is 1.37. The molecule has 0 aliphatic rings. The van der Waals surface area contributed by atoms with Crippen LogP contribution in [0.1, 0.15) is 26.2 Å². The molecule has 0 saturated carbocycles. The molecule has 10 heavy (non-hydrogen) atoms. The fraction of sp³-hybridized carbons (Fsp3) is 0.750. The molecule has 0 aliphatic carbocycles. The highest BCUT2D eigenvalue weighted by Gasteiger charge is 2.01. The molecule has 0 spiro atoms. The minimum absolute atomic E-state index is 0.0668. The molecule has 0 aliphatic heterocycles. The summed E-state index contributed by atoms with van der Waals surface area (Å²) in [6.45, 7) is 5.72. The van der Waals surface area contributed by atoms with E-state index in [9.17, 15) is 0 Å². The summed E-state index contributed by atoms with van der Waals surface area (Å²) in [6, 6.07) is 0. The van der Waals surface area contributed by atoms with Crippen molar-refractivity contribution in [2.75, 3.05) is 6.61 Å². The molecule has 0 aromatic rings. The van der Waals surface area contributed by atoms with E-state index in [1.165, 1.54) is 0 Å². The average molecular weight is 144 g/mol. The average Bonchev–Trinajstić information content (AvgIpc) is 1.85. The molecular weight excluding hydrogens is 128 g/mol. The molecule has 0 fully saturated rings. The van der Waals surface area contributed by atoms with Crippen LogP contribution in [0.4, 0.5) is 0 Å². The van der Waals surface area contributed by atoms with Crippen LogP contribution >= 0.6 is 0 Å². The lowest BCUT2D eigenvalue weighted by Crippen LogP contribution is -2.08. The van der Waals surface area contributed by atoms with Gasteiger partial charge in [0.25, 0.3) is 0 Å². The lowest BCUT2D eigenvalue weighted by Gasteiger charge is -2.07. The quantitative estimate of drug-likeness (QED) is 0.567. The highest BCUT2D eigenvalue weighted by Crippen LogP contribution is 2.06. The first-order chi connectivity index (χ1) is 4.66. The van der Waals surface area contributed by atoms with Crippen molar-refractivity contribution < 1.29 is 10.2 Å². The first-order valence-corrected chi connectivity index (χ1v) is 3.60. The van der Waals surface area contributed by atoms with Crippen LogP contribution in [0.15, 0.2) is 12.2 Å². The Bertz CT molecular complexity index is 99.4. The first kappa shape index (κ1) is 9.66. The van der Waals surface area contributed by atoms with Crippen LogP contribution < -0.4 is 0 Å². The number of hydrogen-bond donors (Lipinski definition) is 2. The van der Waals surface area contributed by atoms with E-state index >= 15 is 0 Å². The van der Waals surface area contributed by atoms with Crippen LogP contribution in [0.5, 0.6) is 0 Å². The molecule has 0 rings (SSSR count). The van der Waals surface area contributed by atoms with E-state index in [-0.39, 0.29) is 12.7 Å².